The summed E-state index contributed by atoms with van der Waals surface area (Å²) < 4.78 is 0. The fraction of sp³-hybridized carbons (Fsp3) is 0.778. The minimum absolute atomic E-state index is 0.0553. The molecule has 19 heteroatoms. The standard InChI is InChI=1S/C36H68N10O9/c1-21(2)15-26(42-31(49)20-41-30(48)19-40-29(47)18-39)33(51)45-28(17-23(5)6)35(53)46-27(16-22(3)4)34(52)43-24(11-7-9-13-37)32(50)44-25(36(54)55)12-8-10-14-38/h21-28H,7-20,37-39H2,1-6H3,(H,40,47)(H,41,48)(H,42,49)(H,43,52)(H,44,50)(H,45,51)(H,46,53)(H,54,55)/t24-,25-,26-,27-,28-/m0/s1. The average molecular weight is 785 g/mol. The molecule has 0 bridgehead atoms. The number of carboxylic acid groups (broad SMARTS) is 1. The van der Waals surface area contributed by atoms with Crippen LogP contribution in [0.2, 0.25) is 0 Å². The number of aliphatic carboxylic acids is 1. The first-order valence-corrected chi connectivity index (χ1v) is 19.2. The number of hydrogen-bond acceptors (Lipinski definition) is 11. The molecule has 0 unspecified atom stereocenters. The van der Waals surface area contributed by atoms with Crippen LogP contribution in [0.1, 0.15) is 99.3 Å². The van der Waals surface area contributed by atoms with Gasteiger partial charge in [0.05, 0.1) is 19.6 Å². The third-order valence-corrected chi connectivity index (χ3v) is 8.26. The summed E-state index contributed by atoms with van der Waals surface area (Å²) in [6.45, 7) is 10.6. The number of carboxylic acids is 1. The Kier molecular flexibility index (Phi) is 25.9. The molecule has 0 saturated carbocycles. The van der Waals surface area contributed by atoms with Gasteiger partial charge in [0.1, 0.15) is 30.2 Å². The van der Waals surface area contributed by atoms with Crippen LogP contribution in [0.4, 0.5) is 0 Å². The maximum atomic E-state index is 13.8. The Morgan fingerprint density at radius 1 is 0.455 bits per heavy atom. The lowest BCUT2D eigenvalue weighted by atomic mass is 9.98. The first-order chi connectivity index (χ1) is 25.8. The lowest BCUT2D eigenvalue weighted by Gasteiger charge is -2.28. The van der Waals surface area contributed by atoms with Crippen molar-refractivity contribution in [3.8, 4) is 0 Å². The number of amides is 7. The number of carbonyl (C=O) groups is 8. The van der Waals surface area contributed by atoms with Crippen molar-refractivity contribution < 1.29 is 43.5 Å². The van der Waals surface area contributed by atoms with Crippen molar-refractivity contribution in [3.05, 3.63) is 0 Å². The Bertz CT molecular complexity index is 1250. The monoisotopic (exact) mass is 785 g/mol. The van der Waals surface area contributed by atoms with Gasteiger partial charge in [0, 0.05) is 0 Å². The zero-order valence-electron chi connectivity index (χ0n) is 33.5. The molecule has 0 spiro atoms. The van der Waals surface area contributed by atoms with Crippen LogP contribution in [-0.4, -0.2) is 115 Å². The van der Waals surface area contributed by atoms with E-state index in [9.17, 15) is 43.5 Å². The van der Waals surface area contributed by atoms with Crippen molar-refractivity contribution in [3.63, 3.8) is 0 Å². The highest BCUT2D eigenvalue weighted by Crippen LogP contribution is 2.12. The van der Waals surface area contributed by atoms with Gasteiger partial charge in [-0.25, -0.2) is 4.79 Å². The van der Waals surface area contributed by atoms with Gasteiger partial charge in [-0.1, -0.05) is 41.5 Å². The van der Waals surface area contributed by atoms with Gasteiger partial charge in [-0.3, -0.25) is 33.6 Å². The Balaban J connectivity index is 6.02. The zero-order chi connectivity index (χ0) is 42.1. The molecule has 0 aliphatic heterocycles. The van der Waals surface area contributed by atoms with Gasteiger partial charge in [0.15, 0.2) is 0 Å². The van der Waals surface area contributed by atoms with E-state index in [4.69, 9.17) is 17.2 Å². The normalized spacial score (nSPS) is 13.9. The molecule has 7 amide bonds. The summed E-state index contributed by atoms with van der Waals surface area (Å²) in [5, 5.41) is 27.6. The number of carbonyl (C=O) groups excluding carboxylic acids is 7. The molecule has 0 heterocycles. The molecule has 0 aliphatic rings. The molecule has 0 rings (SSSR count). The number of nitrogens with one attached hydrogen (secondary N) is 7. The molecular formula is C36H68N10O9. The zero-order valence-corrected chi connectivity index (χ0v) is 33.5. The third kappa shape index (κ3) is 23.2. The number of nitrogens with two attached hydrogens (primary N) is 3. The van der Waals surface area contributed by atoms with Crippen LogP contribution in [0.25, 0.3) is 0 Å². The van der Waals surface area contributed by atoms with Crippen LogP contribution in [0, 0.1) is 17.8 Å². The molecule has 0 radical (unpaired) electrons. The van der Waals surface area contributed by atoms with Gasteiger partial charge >= 0.3 is 5.97 Å². The van der Waals surface area contributed by atoms with Gasteiger partial charge < -0.3 is 59.5 Å². The van der Waals surface area contributed by atoms with Gasteiger partial charge in [-0.15, -0.1) is 0 Å². The highest BCUT2D eigenvalue weighted by Gasteiger charge is 2.33. The second-order valence-corrected chi connectivity index (χ2v) is 14.9. The Labute approximate surface area is 324 Å². The molecule has 0 aliphatic carbocycles. The Morgan fingerprint density at radius 3 is 1.20 bits per heavy atom. The molecule has 55 heavy (non-hydrogen) atoms. The molecule has 5 atom stereocenters. The lowest BCUT2D eigenvalue weighted by molar-refractivity contribution is -0.142. The van der Waals surface area contributed by atoms with Crippen molar-refractivity contribution in [2.75, 3.05) is 32.7 Å². The smallest absolute Gasteiger partial charge is 0.326 e. The number of unbranched alkanes of at least 4 members (excludes halogenated alkanes) is 2. The third-order valence-electron chi connectivity index (χ3n) is 8.26. The average Bonchev–Trinajstić information content (AvgIpc) is 3.10. The fourth-order valence-electron chi connectivity index (χ4n) is 5.45. The lowest BCUT2D eigenvalue weighted by Crippen LogP contribution is -2.59. The van der Waals surface area contributed by atoms with Gasteiger partial charge in [0.25, 0.3) is 0 Å². The summed E-state index contributed by atoms with van der Waals surface area (Å²) in [7, 11) is 0. The first-order valence-electron chi connectivity index (χ1n) is 19.2. The largest absolute Gasteiger partial charge is 0.480 e. The number of hydrogen-bond donors (Lipinski definition) is 11. The molecular weight excluding hydrogens is 716 g/mol. The predicted molar refractivity (Wildman–Crippen MR) is 207 cm³/mol. The summed E-state index contributed by atoms with van der Waals surface area (Å²) in [5.74, 6) is -5.93. The molecule has 0 saturated heterocycles. The summed E-state index contributed by atoms with van der Waals surface area (Å²) in [4.78, 5) is 102. The molecule has 0 aromatic heterocycles. The van der Waals surface area contributed by atoms with E-state index in [1.54, 1.807) is 0 Å². The van der Waals surface area contributed by atoms with Crippen molar-refractivity contribution in [1.29, 1.82) is 0 Å². The SMILES string of the molecule is CC(C)C[C@H](NC(=O)CNC(=O)CNC(=O)CN)C(=O)N[C@@H](CC(C)C)C(=O)N[C@@H](CC(C)C)C(=O)N[C@@H](CCCCN)C(=O)N[C@@H](CCCCN)C(=O)O. The molecule has 0 fully saturated rings. The molecule has 0 aromatic carbocycles. The maximum absolute atomic E-state index is 13.8. The highest BCUT2D eigenvalue weighted by molar-refractivity contribution is 5.96. The van der Waals surface area contributed by atoms with E-state index >= 15 is 0 Å². The van der Waals surface area contributed by atoms with Crippen LogP contribution >= 0.6 is 0 Å². The molecule has 14 N–H and O–H groups in total. The van der Waals surface area contributed by atoms with Crippen LogP contribution in [0.5, 0.6) is 0 Å². The van der Waals surface area contributed by atoms with Crippen molar-refractivity contribution >= 4 is 47.3 Å². The van der Waals surface area contributed by atoms with Crippen LogP contribution < -0.4 is 54.4 Å². The van der Waals surface area contributed by atoms with E-state index in [0.717, 1.165) is 0 Å². The van der Waals surface area contributed by atoms with E-state index in [2.05, 4.69) is 37.2 Å². The molecule has 316 valence electrons. The van der Waals surface area contributed by atoms with Crippen molar-refractivity contribution in [2.45, 2.75) is 130 Å². The van der Waals surface area contributed by atoms with E-state index in [0.29, 0.717) is 38.8 Å². The van der Waals surface area contributed by atoms with Crippen LogP contribution in [-0.2, 0) is 38.4 Å². The van der Waals surface area contributed by atoms with Gasteiger partial charge in [0.2, 0.25) is 41.4 Å². The van der Waals surface area contributed by atoms with Crippen LogP contribution in [0.15, 0.2) is 0 Å². The van der Waals surface area contributed by atoms with Crippen molar-refractivity contribution in [2.24, 2.45) is 35.0 Å². The summed E-state index contributed by atoms with van der Waals surface area (Å²) in [5.41, 5.74) is 16.4. The topological polar surface area (TPSA) is 319 Å². The minimum atomic E-state index is -1.21. The minimum Gasteiger partial charge on any atom is -0.480 e. The van der Waals surface area contributed by atoms with Gasteiger partial charge in [-0.05, 0) is 88.6 Å². The van der Waals surface area contributed by atoms with E-state index in [-0.39, 0.29) is 62.9 Å². The number of rotatable bonds is 29. The quantitative estimate of drug-likeness (QED) is 0.0370. The second-order valence-electron chi connectivity index (χ2n) is 14.9. The molecule has 19 nitrogen and oxygen atoms in total. The summed E-state index contributed by atoms with van der Waals surface area (Å²) >= 11 is 0. The van der Waals surface area contributed by atoms with E-state index in [1.807, 2.05) is 41.5 Å². The highest BCUT2D eigenvalue weighted by atomic mass is 16.4. The molecule has 0 aromatic rings. The summed E-state index contributed by atoms with van der Waals surface area (Å²) in [6.07, 6.45) is 3.00. The fourth-order valence-corrected chi connectivity index (χ4v) is 5.45. The van der Waals surface area contributed by atoms with E-state index < -0.39 is 84.1 Å². The predicted octanol–water partition coefficient (Wildman–Crippen LogP) is -1.92. The van der Waals surface area contributed by atoms with E-state index in [1.165, 1.54) is 0 Å². The summed E-state index contributed by atoms with van der Waals surface area (Å²) in [6, 6.07) is -5.59. The maximum Gasteiger partial charge on any atom is 0.326 e. The van der Waals surface area contributed by atoms with Crippen LogP contribution in [0.3, 0.4) is 0 Å². The van der Waals surface area contributed by atoms with Gasteiger partial charge in [-0.2, -0.15) is 0 Å². The van der Waals surface area contributed by atoms with Crippen molar-refractivity contribution in [1.82, 2.24) is 37.2 Å². The first kappa shape index (κ1) is 50.6. The Morgan fingerprint density at radius 2 is 0.800 bits per heavy atom. The second kappa shape index (κ2) is 28.1. The Hall–Kier alpha value is -4.36.